The van der Waals surface area contributed by atoms with Crippen molar-refractivity contribution in [3.63, 3.8) is 0 Å². The van der Waals surface area contributed by atoms with Crippen molar-refractivity contribution in [1.82, 2.24) is 0 Å². The van der Waals surface area contributed by atoms with Gasteiger partial charge in [-0.3, -0.25) is 0 Å². The van der Waals surface area contributed by atoms with Crippen LogP contribution in [0.2, 0.25) is 0 Å². The van der Waals surface area contributed by atoms with Gasteiger partial charge in [0.25, 0.3) is 0 Å². The van der Waals surface area contributed by atoms with Gasteiger partial charge in [0.15, 0.2) is 24.6 Å². The first-order valence-electron chi connectivity index (χ1n) is 17.8. The van der Waals surface area contributed by atoms with Gasteiger partial charge < -0.3 is 28.4 Å². The molecular formula is C42H43BrO10. The molecule has 1 saturated heterocycles. The lowest BCUT2D eigenvalue weighted by molar-refractivity contribution is -0.298. The topological polar surface area (TPSA) is 124 Å². The third-order valence-corrected chi connectivity index (χ3v) is 9.11. The average Bonchev–Trinajstić information content (AvgIpc) is 3.21. The number of benzene rings is 4. The summed E-state index contributed by atoms with van der Waals surface area (Å²) in [5.41, 5.74) is 0.962. The van der Waals surface area contributed by atoms with E-state index in [2.05, 4.69) is 15.9 Å². The Balaban J connectivity index is 1.48. The van der Waals surface area contributed by atoms with E-state index in [1.165, 1.54) is 0 Å². The SMILES string of the molecule is O=C(OC[C@H]1O[C@@H](OCCCCCCCCBr)[C@H](OC(=O)c2ccccc2)[C@@H](OC(=O)c2ccccc2)[C@@H]1OC(=O)c1ccccc1)c1ccccc1. The molecule has 0 N–H and O–H groups in total. The molecule has 278 valence electrons. The molecule has 1 heterocycles. The summed E-state index contributed by atoms with van der Waals surface area (Å²) in [6, 6.07) is 33.2. The van der Waals surface area contributed by atoms with Crippen LogP contribution < -0.4 is 0 Å². The van der Waals surface area contributed by atoms with Crippen molar-refractivity contribution in [1.29, 1.82) is 0 Å². The summed E-state index contributed by atoms with van der Waals surface area (Å²) in [5.74, 6) is -2.90. The van der Waals surface area contributed by atoms with Crippen LogP contribution in [-0.2, 0) is 28.4 Å². The van der Waals surface area contributed by atoms with E-state index in [1.54, 1.807) is 121 Å². The van der Waals surface area contributed by atoms with Gasteiger partial charge in [0, 0.05) is 11.9 Å². The van der Waals surface area contributed by atoms with E-state index in [1.807, 2.05) is 0 Å². The van der Waals surface area contributed by atoms with E-state index >= 15 is 0 Å². The highest BCUT2D eigenvalue weighted by Gasteiger charge is 2.53. The van der Waals surface area contributed by atoms with E-state index in [-0.39, 0.29) is 23.3 Å². The molecule has 5 atom stereocenters. The number of carbonyl (C=O) groups excluding carboxylic acids is 4. The Hall–Kier alpha value is -4.84. The Morgan fingerprint density at radius 3 is 1.36 bits per heavy atom. The second-order valence-electron chi connectivity index (χ2n) is 12.4. The number of hydrogen-bond acceptors (Lipinski definition) is 10. The second kappa shape index (κ2) is 21.0. The number of halogens is 1. The van der Waals surface area contributed by atoms with Gasteiger partial charge in [-0.1, -0.05) is 114 Å². The lowest BCUT2D eigenvalue weighted by Gasteiger charge is -2.44. The predicted octanol–water partition coefficient (Wildman–Crippen LogP) is 8.00. The maximum atomic E-state index is 13.7. The molecule has 0 radical (unpaired) electrons. The van der Waals surface area contributed by atoms with Gasteiger partial charge in [-0.15, -0.1) is 0 Å². The third kappa shape index (κ3) is 11.8. The van der Waals surface area contributed by atoms with Crippen LogP contribution in [0.4, 0.5) is 0 Å². The molecular weight excluding hydrogens is 744 g/mol. The van der Waals surface area contributed by atoms with Gasteiger partial charge in [0.1, 0.15) is 12.7 Å². The molecule has 4 aromatic carbocycles. The average molecular weight is 788 g/mol. The van der Waals surface area contributed by atoms with Crippen molar-refractivity contribution in [2.75, 3.05) is 18.5 Å². The fraction of sp³-hybridized carbons (Fsp3) is 0.333. The van der Waals surface area contributed by atoms with Crippen molar-refractivity contribution < 1.29 is 47.6 Å². The molecule has 0 bridgehead atoms. The molecule has 0 aromatic heterocycles. The Morgan fingerprint density at radius 1 is 0.491 bits per heavy atom. The van der Waals surface area contributed by atoms with Crippen molar-refractivity contribution in [3.8, 4) is 0 Å². The van der Waals surface area contributed by atoms with Gasteiger partial charge >= 0.3 is 23.9 Å². The number of unbranched alkanes of at least 4 members (excludes halogenated alkanes) is 5. The summed E-state index contributed by atoms with van der Waals surface area (Å²) in [6.45, 7) is -0.181. The molecule has 11 heteroatoms. The highest BCUT2D eigenvalue weighted by Crippen LogP contribution is 2.32. The molecule has 1 aliphatic heterocycles. The van der Waals surface area contributed by atoms with Gasteiger partial charge in [-0.2, -0.15) is 0 Å². The summed E-state index contributed by atoms with van der Waals surface area (Å²) >= 11 is 3.47. The molecule has 0 amide bonds. The minimum Gasteiger partial charge on any atom is -0.459 e. The van der Waals surface area contributed by atoms with Crippen LogP contribution in [-0.4, -0.2) is 73.1 Å². The lowest BCUT2D eigenvalue weighted by atomic mass is 9.97. The van der Waals surface area contributed by atoms with Crippen LogP contribution in [0.25, 0.3) is 0 Å². The normalized spacial score (nSPS) is 19.5. The minimum atomic E-state index is -1.45. The van der Waals surface area contributed by atoms with Crippen LogP contribution in [0.15, 0.2) is 121 Å². The fourth-order valence-corrected chi connectivity index (χ4v) is 6.16. The van der Waals surface area contributed by atoms with Gasteiger partial charge in [0.2, 0.25) is 0 Å². The van der Waals surface area contributed by atoms with E-state index in [0.29, 0.717) is 12.0 Å². The molecule has 10 nitrogen and oxygen atoms in total. The van der Waals surface area contributed by atoms with Gasteiger partial charge in [0.05, 0.1) is 22.3 Å². The van der Waals surface area contributed by atoms with Crippen molar-refractivity contribution in [3.05, 3.63) is 144 Å². The van der Waals surface area contributed by atoms with Crippen LogP contribution in [0.5, 0.6) is 0 Å². The smallest absolute Gasteiger partial charge is 0.338 e. The number of hydrogen-bond donors (Lipinski definition) is 0. The van der Waals surface area contributed by atoms with Crippen LogP contribution >= 0.6 is 15.9 Å². The standard InChI is InChI=1S/C42H43BrO10/c43-27-17-3-1-2-4-18-28-48-42-37(53-41(47)33-25-15-8-16-26-33)36(52-40(46)32-23-13-7-14-24-32)35(51-39(45)31-21-11-6-12-22-31)34(50-42)29-49-38(44)30-19-9-5-10-20-30/h5-16,19-26,34-37,42H,1-4,17-18,27-29H2/t34-,35-,36+,37-,42-/m1/s1. The molecule has 0 saturated carbocycles. The first-order chi connectivity index (χ1) is 25.9. The monoisotopic (exact) mass is 786 g/mol. The fourth-order valence-electron chi connectivity index (χ4n) is 5.76. The van der Waals surface area contributed by atoms with Crippen molar-refractivity contribution >= 4 is 39.8 Å². The molecule has 4 aromatic rings. The van der Waals surface area contributed by atoms with E-state index in [0.717, 1.165) is 37.4 Å². The Labute approximate surface area is 317 Å². The Kier molecular flexibility index (Phi) is 15.6. The zero-order valence-corrected chi connectivity index (χ0v) is 30.8. The number of alkyl halides is 1. The second-order valence-corrected chi connectivity index (χ2v) is 13.2. The number of ether oxygens (including phenoxy) is 6. The number of carbonyl (C=O) groups is 4. The first-order valence-corrected chi connectivity index (χ1v) is 18.9. The largest absolute Gasteiger partial charge is 0.459 e. The highest BCUT2D eigenvalue weighted by atomic mass is 79.9. The number of esters is 4. The maximum Gasteiger partial charge on any atom is 0.338 e. The molecule has 0 spiro atoms. The summed E-state index contributed by atoms with van der Waals surface area (Å²) in [5, 5.41) is 0.970. The van der Waals surface area contributed by atoms with E-state index in [9.17, 15) is 19.2 Å². The van der Waals surface area contributed by atoms with E-state index in [4.69, 9.17) is 28.4 Å². The zero-order chi connectivity index (χ0) is 37.3. The summed E-state index contributed by atoms with van der Waals surface area (Å²) < 4.78 is 36.6. The molecule has 1 fully saturated rings. The molecule has 53 heavy (non-hydrogen) atoms. The Bertz CT molecular complexity index is 1720. The minimum absolute atomic E-state index is 0.213. The first kappa shape index (κ1) is 39.4. The summed E-state index contributed by atoms with van der Waals surface area (Å²) in [6.07, 6.45) is -0.858. The van der Waals surface area contributed by atoms with Gasteiger partial charge in [-0.05, 0) is 61.4 Å². The molecule has 0 aliphatic carbocycles. The lowest BCUT2D eigenvalue weighted by Crippen LogP contribution is -2.63. The molecule has 0 unspecified atom stereocenters. The van der Waals surface area contributed by atoms with E-state index < -0.39 is 61.2 Å². The molecule has 1 aliphatic rings. The molecule has 5 rings (SSSR count). The van der Waals surface area contributed by atoms with Crippen LogP contribution in [0.3, 0.4) is 0 Å². The number of rotatable bonds is 18. The Morgan fingerprint density at radius 2 is 0.887 bits per heavy atom. The van der Waals surface area contributed by atoms with Crippen molar-refractivity contribution in [2.45, 2.75) is 69.2 Å². The maximum absolute atomic E-state index is 13.7. The zero-order valence-electron chi connectivity index (χ0n) is 29.3. The third-order valence-electron chi connectivity index (χ3n) is 8.55. The van der Waals surface area contributed by atoms with Crippen molar-refractivity contribution in [2.24, 2.45) is 0 Å². The van der Waals surface area contributed by atoms with Crippen LogP contribution in [0, 0.1) is 0 Å². The quantitative estimate of drug-likeness (QED) is 0.0424. The van der Waals surface area contributed by atoms with Crippen LogP contribution in [0.1, 0.15) is 80.0 Å². The summed E-state index contributed by atoms with van der Waals surface area (Å²) in [4.78, 5) is 54.0. The highest BCUT2D eigenvalue weighted by molar-refractivity contribution is 9.09. The predicted molar refractivity (Wildman–Crippen MR) is 200 cm³/mol. The van der Waals surface area contributed by atoms with Gasteiger partial charge in [-0.25, -0.2) is 19.2 Å². The summed E-state index contributed by atoms with van der Waals surface area (Å²) in [7, 11) is 0.